The average Bonchev–Trinajstić information content (AvgIpc) is 3.55. The van der Waals surface area contributed by atoms with Crippen LogP contribution in [0.3, 0.4) is 0 Å². The third-order valence-corrected chi connectivity index (χ3v) is 8.32. The molecule has 2 aliphatic heterocycles. The maximum Gasteiger partial charge on any atom is 0.253 e. The molecule has 0 radical (unpaired) electrons. The molecule has 0 spiro atoms. The van der Waals surface area contributed by atoms with E-state index in [1.807, 2.05) is 36.4 Å². The van der Waals surface area contributed by atoms with Gasteiger partial charge in [-0.15, -0.1) is 0 Å². The van der Waals surface area contributed by atoms with Crippen LogP contribution in [-0.4, -0.2) is 89.4 Å². The summed E-state index contributed by atoms with van der Waals surface area (Å²) in [5.74, 6) is 0.907. The first-order chi connectivity index (χ1) is 19.6. The van der Waals surface area contributed by atoms with E-state index in [0.717, 1.165) is 108 Å². The van der Waals surface area contributed by atoms with Gasteiger partial charge in [0.25, 0.3) is 5.91 Å². The molecular formula is C31H43N5O4. The van der Waals surface area contributed by atoms with Gasteiger partial charge in [-0.3, -0.25) is 14.5 Å². The summed E-state index contributed by atoms with van der Waals surface area (Å²) >= 11 is 0. The van der Waals surface area contributed by atoms with E-state index < -0.39 is 0 Å². The van der Waals surface area contributed by atoms with E-state index >= 15 is 0 Å². The lowest BCUT2D eigenvalue weighted by Gasteiger charge is -2.38. The summed E-state index contributed by atoms with van der Waals surface area (Å²) in [6.45, 7) is 8.20. The minimum absolute atomic E-state index is 0.0625. The topological polar surface area (TPSA) is 86.4 Å². The van der Waals surface area contributed by atoms with Crippen LogP contribution < -0.4 is 25.2 Å². The summed E-state index contributed by atoms with van der Waals surface area (Å²) < 4.78 is 11.0. The van der Waals surface area contributed by atoms with Gasteiger partial charge in [0.2, 0.25) is 5.91 Å². The van der Waals surface area contributed by atoms with Gasteiger partial charge in [-0.05, 0) is 56.1 Å². The van der Waals surface area contributed by atoms with Gasteiger partial charge in [0.15, 0.2) is 0 Å². The van der Waals surface area contributed by atoms with Gasteiger partial charge < -0.3 is 29.9 Å². The lowest BCUT2D eigenvalue weighted by molar-refractivity contribution is -0.119. The first kappa shape index (κ1) is 28.2. The number of carbonyl (C=O) groups excluding carboxylic acids is 2. The molecule has 2 saturated heterocycles. The lowest BCUT2D eigenvalue weighted by atomic mass is 10.1. The second-order valence-corrected chi connectivity index (χ2v) is 10.9. The number of ether oxygens (including phenoxy) is 2. The second kappa shape index (κ2) is 13.9. The zero-order chi connectivity index (χ0) is 27.7. The van der Waals surface area contributed by atoms with E-state index in [-0.39, 0.29) is 17.7 Å². The fraction of sp³-hybridized carbons (Fsp3) is 0.548. The molecule has 216 valence electrons. The van der Waals surface area contributed by atoms with Crippen molar-refractivity contribution >= 4 is 28.9 Å². The molecule has 2 heterocycles. The Morgan fingerprint density at radius 3 is 2.35 bits per heavy atom. The minimum atomic E-state index is -0.0962. The first-order valence-corrected chi connectivity index (χ1v) is 14.8. The van der Waals surface area contributed by atoms with E-state index in [1.165, 1.54) is 0 Å². The van der Waals surface area contributed by atoms with E-state index in [4.69, 9.17) is 9.47 Å². The van der Waals surface area contributed by atoms with Crippen LogP contribution in [0.25, 0.3) is 0 Å². The number of nitrogens with one attached hydrogen (secondary N) is 2. The van der Waals surface area contributed by atoms with Gasteiger partial charge in [0.05, 0.1) is 31.6 Å². The zero-order valence-corrected chi connectivity index (χ0v) is 23.7. The van der Waals surface area contributed by atoms with Crippen LogP contribution in [0.4, 0.5) is 17.1 Å². The highest BCUT2D eigenvalue weighted by molar-refractivity contribution is 6.02. The van der Waals surface area contributed by atoms with Crippen LogP contribution in [0.1, 0.15) is 42.5 Å². The van der Waals surface area contributed by atoms with Crippen molar-refractivity contribution < 1.29 is 19.1 Å². The van der Waals surface area contributed by atoms with Crippen LogP contribution >= 0.6 is 0 Å². The molecule has 1 aliphatic carbocycles. The summed E-state index contributed by atoms with van der Waals surface area (Å²) in [6, 6.07) is 13.9. The van der Waals surface area contributed by atoms with Gasteiger partial charge in [0, 0.05) is 63.1 Å². The number of benzene rings is 2. The molecule has 3 fully saturated rings. The minimum Gasteiger partial charge on any atom is -0.495 e. The standard InChI is InChI=1S/C31H43N5O4/c1-39-29-10-5-4-9-28(29)36-17-15-35(16-18-36)27-12-11-25(33-30(37)24-7-2-3-8-24)23-26(27)31(38)32-13-6-14-34-19-21-40-22-20-34/h4-5,9-12,23-24H,2-3,6-8,13-22H2,1H3,(H,32,38)(H,33,37). The van der Waals surface area contributed by atoms with Crippen molar-refractivity contribution in [3.63, 3.8) is 0 Å². The van der Waals surface area contributed by atoms with Gasteiger partial charge >= 0.3 is 0 Å². The number of morpholine rings is 1. The summed E-state index contributed by atoms with van der Waals surface area (Å²) in [4.78, 5) is 33.3. The Labute approximate surface area is 237 Å². The van der Waals surface area contributed by atoms with E-state index in [2.05, 4.69) is 31.4 Å². The van der Waals surface area contributed by atoms with E-state index in [1.54, 1.807) is 7.11 Å². The van der Waals surface area contributed by atoms with Crippen molar-refractivity contribution in [3.8, 4) is 5.75 Å². The van der Waals surface area contributed by atoms with Gasteiger partial charge in [-0.25, -0.2) is 0 Å². The van der Waals surface area contributed by atoms with E-state index in [9.17, 15) is 9.59 Å². The number of nitrogens with zero attached hydrogens (tertiary/aromatic N) is 3. The number of hydrogen-bond acceptors (Lipinski definition) is 7. The first-order valence-electron chi connectivity index (χ1n) is 14.8. The molecule has 2 amide bonds. The normalized spacial score (nSPS) is 18.5. The number of rotatable bonds is 10. The van der Waals surface area contributed by atoms with Crippen LogP contribution in [-0.2, 0) is 9.53 Å². The van der Waals surface area contributed by atoms with Gasteiger partial charge in [-0.2, -0.15) is 0 Å². The Kier molecular flexibility index (Phi) is 9.78. The molecule has 2 aromatic rings. The third kappa shape index (κ3) is 7.06. The maximum atomic E-state index is 13.5. The third-order valence-electron chi connectivity index (χ3n) is 8.32. The fourth-order valence-corrected chi connectivity index (χ4v) is 6.01. The monoisotopic (exact) mass is 549 g/mol. The molecule has 3 aliphatic rings. The van der Waals surface area contributed by atoms with Crippen molar-refractivity contribution in [3.05, 3.63) is 48.0 Å². The highest BCUT2D eigenvalue weighted by Crippen LogP contribution is 2.32. The van der Waals surface area contributed by atoms with Crippen LogP contribution in [0.15, 0.2) is 42.5 Å². The zero-order valence-electron chi connectivity index (χ0n) is 23.7. The molecule has 40 heavy (non-hydrogen) atoms. The molecule has 1 saturated carbocycles. The number of amides is 2. The predicted octanol–water partition coefficient (Wildman–Crippen LogP) is 3.60. The Morgan fingerprint density at radius 1 is 0.925 bits per heavy atom. The number of carbonyl (C=O) groups is 2. The number of anilines is 3. The largest absolute Gasteiger partial charge is 0.495 e. The molecule has 0 aromatic heterocycles. The van der Waals surface area contributed by atoms with Crippen LogP contribution in [0.5, 0.6) is 5.75 Å². The molecule has 5 rings (SSSR count). The predicted molar refractivity (Wildman–Crippen MR) is 159 cm³/mol. The van der Waals surface area contributed by atoms with Gasteiger partial charge in [-0.1, -0.05) is 25.0 Å². The molecular weight excluding hydrogens is 506 g/mol. The van der Waals surface area contributed by atoms with Crippen molar-refractivity contribution in [2.24, 2.45) is 5.92 Å². The molecule has 0 bridgehead atoms. The maximum absolute atomic E-state index is 13.5. The van der Waals surface area contributed by atoms with Crippen molar-refractivity contribution in [1.82, 2.24) is 10.2 Å². The van der Waals surface area contributed by atoms with Gasteiger partial charge in [0.1, 0.15) is 5.75 Å². The molecule has 2 aromatic carbocycles. The van der Waals surface area contributed by atoms with Crippen molar-refractivity contribution in [2.75, 3.05) is 87.8 Å². The number of para-hydroxylation sites is 2. The molecule has 0 atom stereocenters. The smallest absolute Gasteiger partial charge is 0.253 e. The molecule has 9 heteroatoms. The summed E-state index contributed by atoms with van der Waals surface area (Å²) in [7, 11) is 1.70. The van der Waals surface area contributed by atoms with Crippen LogP contribution in [0, 0.1) is 5.92 Å². The highest BCUT2D eigenvalue weighted by atomic mass is 16.5. The number of hydrogen-bond donors (Lipinski definition) is 2. The Balaban J connectivity index is 1.26. The second-order valence-electron chi connectivity index (χ2n) is 10.9. The van der Waals surface area contributed by atoms with Crippen LogP contribution in [0.2, 0.25) is 0 Å². The quantitative estimate of drug-likeness (QED) is 0.438. The van der Waals surface area contributed by atoms with Crippen molar-refractivity contribution in [1.29, 1.82) is 0 Å². The Bertz CT molecular complexity index is 1140. The molecule has 0 unspecified atom stereocenters. The summed E-state index contributed by atoms with van der Waals surface area (Å²) in [5, 5.41) is 6.22. The lowest BCUT2D eigenvalue weighted by Crippen LogP contribution is -2.47. The molecule has 2 N–H and O–H groups in total. The SMILES string of the molecule is COc1ccccc1N1CCN(c2ccc(NC(=O)C3CCCC3)cc2C(=O)NCCCN2CCOCC2)CC1. The Hall–Kier alpha value is -3.30. The van der Waals surface area contributed by atoms with Crippen molar-refractivity contribution in [2.45, 2.75) is 32.1 Å². The Morgan fingerprint density at radius 2 is 1.62 bits per heavy atom. The molecule has 9 nitrogen and oxygen atoms in total. The number of piperazine rings is 1. The highest BCUT2D eigenvalue weighted by Gasteiger charge is 2.26. The average molecular weight is 550 g/mol. The van der Waals surface area contributed by atoms with E-state index in [0.29, 0.717) is 17.8 Å². The summed E-state index contributed by atoms with van der Waals surface area (Å²) in [5.41, 5.74) is 3.30. The fourth-order valence-electron chi connectivity index (χ4n) is 6.01. The summed E-state index contributed by atoms with van der Waals surface area (Å²) in [6.07, 6.45) is 4.98. The number of methoxy groups -OCH3 is 1.